The topological polar surface area (TPSA) is 31.7 Å². The zero-order chi connectivity index (χ0) is 20.5. The Bertz CT molecular complexity index is 879. The van der Waals surface area contributed by atoms with E-state index in [9.17, 15) is 4.79 Å². The molecule has 0 spiro atoms. The van der Waals surface area contributed by atoms with Gasteiger partial charge in [0.2, 0.25) is 0 Å². The van der Waals surface area contributed by atoms with Gasteiger partial charge in [-0.25, -0.2) is 0 Å². The van der Waals surface area contributed by atoms with E-state index >= 15 is 0 Å². The van der Waals surface area contributed by atoms with Crippen molar-refractivity contribution in [1.82, 2.24) is 19.3 Å². The fourth-order valence-electron chi connectivity index (χ4n) is 5.06. The molecule has 1 unspecified atom stereocenters. The molecule has 3 heterocycles. The van der Waals surface area contributed by atoms with Gasteiger partial charge in [-0.2, -0.15) is 0 Å². The number of carbonyl (C=O) groups excluding carboxylic acids is 1. The fourth-order valence-corrected chi connectivity index (χ4v) is 5.06. The number of piperidine rings is 1. The molecule has 29 heavy (non-hydrogen) atoms. The first kappa shape index (κ1) is 20.2. The molecule has 4 rings (SSSR count). The van der Waals surface area contributed by atoms with Crippen LogP contribution in [0, 0.1) is 20.8 Å². The summed E-state index contributed by atoms with van der Waals surface area (Å²) >= 11 is 0. The van der Waals surface area contributed by atoms with Gasteiger partial charge < -0.3 is 14.4 Å². The quantitative estimate of drug-likeness (QED) is 0.801. The lowest BCUT2D eigenvalue weighted by Gasteiger charge is -2.42. The van der Waals surface area contributed by atoms with E-state index < -0.39 is 0 Å². The fraction of sp³-hybridized carbons (Fsp3) is 0.542. The summed E-state index contributed by atoms with van der Waals surface area (Å²) in [4.78, 5) is 20.4. The van der Waals surface area contributed by atoms with Crippen LogP contribution in [0.25, 0.3) is 5.69 Å². The number of hydrogen-bond donors (Lipinski definition) is 0. The van der Waals surface area contributed by atoms with Gasteiger partial charge in [0.15, 0.2) is 0 Å². The lowest BCUT2D eigenvalue weighted by molar-refractivity contribution is 0.0451. The van der Waals surface area contributed by atoms with Crippen molar-refractivity contribution in [3.63, 3.8) is 0 Å². The molecule has 1 aromatic heterocycles. The number of nitrogens with zero attached hydrogens (tertiary/aromatic N) is 4. The largest absolute Gasteiger partial charge is 0.336 e. The maximum atomic E-state index is 13.3. The summed E-state index contributed by atoms with van der Waals surface area (Å²) in [6.45, 7) is 12.3. The van der Waals surface area contributed by atoms with E-state index in [1.807, 2.05) is 4.90 Å². The second kappa shape index (κ2) is 8.33. The maximum Gasteiger partial charge on any atom is 0.255 e. The number of likely N-dealkylation sites (N-methyl/N-ethyl adjacent to an activating group) is 1. The standard InChI is InChI=1S/C24H34N4O/c1-18-8-5-6-10-23(18)28-19(2)16-22(20(28)3)24(29)27-14-12-26(13-15-27)21-9-7-11-25(4)17-21/h5-6,8,10,16,21H,7,9,11-15,17H2,1-4H3. The number of likely N-dealkylation sites (tertiary alicyclic amines) is 1. The molecule has 0 N–H and O–H groups in total. The number of piperazine rings is 1. The number of para-hydroxylation sites is 1. The van der Waals surface area contributed by atoms with Crippen LogP contribution in [0.5, 0.6) is 0 Å². The van der Waals surface area contributed by atoms with Crippen molar-refractivity contribution in [2.24, 2.45) is 0 Å². The van der Waals surface area contributed by atoms with E-state index in [0.29, 0.717) is 6.04 Å². The number of amides is 1. The minimum Gasteiger partial charge on any atom is -0.336 e. The number of hydrogen-bond acceptors (Lipinski definition) is 3. The first-order valence-electron chi connectivity index (χ1n) is 10.9. The van der Waals surface area contributed by atoms with Crippen LogP contribution >= 0.6 is 0 Å². The van der Waals surface area contributed by atoms with Crippen molar-refractivity contribution in [2.75, 3.05) is 46.3 Å². The highest BCUT2D eigenvalue weighted by molar-refractivity contribution is 5.96. The molecule has 1 aromatic carbocycles. The van der Waals surface area contributed by atoms with Gasteiger partial charge in [0.05, 0.1) is 5.56 Å². The normalized spacial score (nSPS) is 21.5. The summed E-state index contributed by atoms with van der Waals surface area (Å²) in [5.74, 6) is 0.179. The number of aromatic nitrogens is 1. The lowest BCUT2D eigenvalue weighted by Crippen LogP contribution is -2.55. The van der Waals surface area contributed by atoms with Crippen molar-refractivity contribution in [2.45, 2.75) is 39.7 Å². The second-order valence-electron chi connectivity index (χ2n) is 8.79. The molecule has 2 aliphatic heterocycles. The van der Waals surface area contributed by atoms with Gasteiger partial charge in [0.25, 0.3) is 5.91 Å². The highest BCUT2D eigenvalue weighted by Crippen LogP contribution is 2.25. The van der Waals surface area contributed by atoms with Crippen molar-refractivity contribution < 1.29 is 4.79 Å². The van der Waals surface area contributed by atoms with Crippen LogP contribution in [-0.2, 0) is 0 Å². The summed E-state index contributed by atoms with van der Waals surface area (Å²) in [7, 11) is 2.22. The Kier molecular flexibility index (Phi) is 5.79. The molecule has 5 nitrogen and oxygen atoms in total. The van der Waals surface area contributed by atoms with Crippen molar-refractivity contribution in [1.29, 1.82) is 0 Å². The van der Waals surface area contributed by atoms with Crippen molar-refractivity contribution in [3.8, 4) is 5.69 Å². The second-order valence-corrected chi connectivity index (χ2v) is 8.79. The zero-order valence-electron chi connectivity index (χ0n) is 18.3. The molecule has 1 amide bonds. The monoisotopic (exact) mass is 394 g/mol. The molecule has 2 saturated heterocycles. The van der Waals surface area contributed by atoms with Crippen LogP contribution in [-0.4, -0.2) is 77.5 Å². The molecule has 0 bridgehead atoms. The Hall–Kier alpha value is -2.11. The Morgan fingerprint density at radius 3 is 2.41 bits per heavy atom. The number of rotatable bonds is 3. The van der Waals surface area contributed by atoms with Crippen molar-refractivity contribution >= 4 is 5.91 Å². The van der Waals surface area contributed by atoms with Crippen LogP contribution in [0.3, 0.4) is 0 Å². The third-order valence-electron chi connectivity index (χ3n) is 6.74. The molecule has 1 atom stereocenters. The van der Waals surface area contributed by atoms with Crippen LogP contribution in [0.1, 0.15) is 40.2 Å². The van der Waals surface area contributed by atoms with Gasteiger partial charge in [-0.1, -0.05) is 18.2 Å². The van der Waals surface area contributed by atoms with Crippen molar-refractivity contribution in [3.05, 3.63) is 52.8 Å². The molecule has 2 aliphatic rings. The number of aryl methyl sites for hydroxylation is 2. The Labute approximate surface area is 174 Å². The van der Waals surface area contributed by atoms with Gasteiger partial charge in [0, 0.05) is 55.8 Å². The number of carbonyl (C=O) groups is 1. The maximum absolute atomic E-state index is 13.3. The van der Waals surface area contributed by atoms with Crippen LogP contribution in [0.15, 0.2) is 30.3 Å². The third kappa shape index (κ3) is 3.99. The molecule has 156 valence electrons. The van der Waals surface area contributed by atoms with Crippen LogP contribution in [0.2, 0.25) is 0 Å². The van der Waals surface area contributed by atoms with E-state index in [1.54, 1.807) is 0 Å². The lowest BCUT2D eigenvalue weighted by atomic mass is 10.0. The van der Waals surface area contributed by atoms with E-state index in [-0.39, 0.29) is 5.91 Å². The van der Waals surface area contributed by atoms with Gasteiger partial charge in [-0.3, -0.25) is 9.69 Å². The Balaban J connectivity index is 1.47. The van der Waals surface area contributed by atoms with Crippen LogP contribution in [0.4, 0.5) is 0 Å². The minimum atomic E-state index is 0.179. The van der Waals surface area contributed by atoms with E-state index in [2.05, 4.69) is 72.5 Å². The minimum absolute atomic E-state index is 0.179. The molecule has 0 aliphatic carbocycles. The summed E-state index contributed by atoms with van der Waals surface area (Å²) in [6, 6.07) is 11.1. The molecular weight excluding hydrogens is 360 g/mol. The molecule has 0 radical (unpaired) electrons. The molecule has 2 aromatic rings. The summed E-state index contributed by atoms with van der Waals surface area (Å²) < 4.78 is 2.22. The SMILES string of the molecule is Cc1ccccc1-n1c(C)cc(C(=O)N2CCN(C3CCCN(C)C3)CC2)c1C. The van der Waals surface area contributed by atoms with E-state index in [4.69, 9.17) is 0 Å². The van der Waals surface area contributed by atoms with Gasteiger partial charge in [-0.05, 0) is 64.9 Å². The average molecular weight is 395 g/mol. The summed E-state index contributed by atoms with van der Waals surface area (Å²) in [5.41, 5.74) is 5.38. The van der Waals surface area contributed by atoms with Gasteiger partial charge in [-0.15, -0.1) is 0 Å². The average Bonchev–Trinajstić information content (AvgIpc) is 3.02. The predicted molar refractivity (Wildman–Crippen MR) is 118 cm³/mol. The van der Waals surface area contributed by atoms with Gasteiger partial charge in [0.1, 0.15) is 0 Å². The predicted octanol–water partition coefficient (Wildman–Crippen LogP) is 3.25. The zero-order valence-corrected chi connectivity index (χ0v) is 18.3. The Morgan fingerprint density at radius 1 is 1.00 bits per heavy atom. The first-order chi connectivity index (χ1) is 14.0. The third-order valence-corrected chi connectivity index (χ3v) is 6.74. The molecule has 2 fully saturated rings. The smallest absolute Gasteiger partial charge is 0.255 e. The number of benzene rings is 1. The molecular formula is C24H34N4O. The molecule has 5 heteroatoms. The highest BCUT2D eigenvalue weighted by Gasteiger charge is 2.30. The molecule has 0 saturated carbocycles. The highest BCUT2D eigenvalue weighted by atomic mass is 16.2. The summed E-state index contributed by atoms with van der Waals surface area (Å²) in [5, 5.41) is 0. The van der Waals surface area contributed by atoms with E-state index in [1.165, 1.54) is 24.9 Å². The van der Waals surface area contributed by atoms with Crippen LogP contribution < -0.4 is 0 Å². The van der Waals surface area contributed by atoms with E-state index in [0.717, 1.165) is 55.4 Å². The Morgan fingerprint density at radius 2 is 1.72 bits per heavy atom. The first-order valence-corrected chi connectivity index (χ1v) is 10.9. The summed E-state index contributed by atoms with van der Waals surface area (Å²) in [6.07, 6.45) is 2.57. The van der Waals surface area contributed by atoms with Gasteiger partial charge >= 0.3 is 0 Å².